The molecule has 0 fully saturated rings. The number of hydrogen-bond acceptors (Lipinski definition) is 2. The zero-order valence-corrected chi connectivity index (χ0v) is 8.64. The summed E-state index contributed by atoms with van der Waals surface area (Å²) >= 11 is 9.85. The fraction of sp³-hybridized carbons (Fsp3) is 0.125. The molecule has 0 spiro atoms. The van der Waals surface area contributed by atoms with Crippen molar-refractivity contribution in [3.63, 3.8) is 0 Å². The molecular formula is C8H9ClN2OS. The molecule has 0 aliphatic heterocycles. The number of amides is 2. The molecule has 1 N–H and O–H groups in total. The minimum absolute atomic E-state index is 0.323. The lowest BCUT2D eigenvalue weighted by Crippen LogP contribution is -2.31. The molecule has 13 heavy (non-hydrogen) atoms. The number of para-hydroxylation sites is 1. The minimum Gasteiger partial charge on any atom is -0.340 e. The monoisotopic (exact) mass is 216 g/mol. The van der Waals surface area contributed by atoms with Gasteiger partial charge in [0.25, 0.3) is 0 Å². The van der Waals surface area contributed by atoms with Crippen LogP contribution < -0.4 is 9.62 Å². The summed E-state index contributed by atoms with van der Waals surface area (Å²) in [5.41, 5.74) is 0.562. The van der Waals surface area contributed by atoms with Crippen LogP contribution >= 0.6 is 24.4 Å². The van der Waals surface area contributed by atoms with Crippen LogP contribution in [-0.2, 0) is 0 Å². The number of carbonyl (C=O) groups is 1. The molecule has 0 bridgehead atoms. The SMILES string of the molecule is CNC(=O)N(S)c1ccccc1Cl. The first-order chi connectivity index (χ1) is 6.16. The summed E-state index contributed by atoms with van der Waals surface area (Å²) in [6.07, 6.45) is 0. The number of nitrogens with one attached hydrogen (secondary N) is 1. The van der Waals surface area contributed by atoms with Crippen molar-refractivity contribution >= 4 is 36.1 Å². The molecule has 0 heterocycles. The Morgan fingerprint density at radius 2 is 2.15 bits per heavy atom. The minimum atomic E-state index is -0.323. The van der Waals surface area contributed by atoms with Gasteiger partial charge in [-0.15, -0.1) is 0 Å². The van der Waals surface area contributed by atoms with Gasteiger partial charge in [0, 0.05) is 7.05 Å². The van der Waals surface area contributed by atoms with Gasteiger partial charge < -0.3 is 5.32 Å². The Hall–Kier alpha value is -0.870. The third kappa shape index (κ3) is 2.29. The van der Waals surface area contributed by atoms with E-state index in [2.05, 4.69) is 18.1 Å². The van der Waals surface area contributed by atoms with Gasteiger partial charge >= 0.3 is 6.03 Å². The Morgan fingerprint density at radius 1 is 1.54 bits per heavy atom. The van der Waals surface area contributed by atoms with Crippen LogP contribution in [0.25, 0.3) is 0 Å². The molecule has 5 heteroatoms. The molecule has 0 unspecified atom stereocenters. The molecule has 2 amide bonds. The number of benzene rings is 1. The van der Waals surface area contributed by atoms with Crippen LogP contribution in [0.1, 0.15) is 0 Å². The average Bonchev–Trinajstić information content (AvgIpc) is 2.16. The fourth-order valence-corrected chi connectivity index (χ4v) is 1.39. The summed E-state index contributed by atoms with van der Waals surface area (Å²) in [4.78, 5) is 11.1. The van der Waals surface area contributed by atoms with Crippen molar-refractivity contribution in [2.75, 3.05) is 11.4 Å². The highest BCUT2D eigenvalue weighted by atomic mass is 35.5. The van der Waals surface area contributed by atoms with Crippen LogP contribution in [0.2, 0.25) is 5.02 Å². The lowest BCUT2D eigenvalue weighted by molar-refractivity contribution is 0.252. The Morgan fingerprint density at radius 3 is 2.69 bits per heavy atom. The molecule has 0 aliphatic rings. The largest absolute Gasteiger partial charge is 0.340 e. The molecule has 0 aromatic heterocycles. The van der Waals surface area contributed by atoms with Gasteiger partial charge in [0.2, 0.25) is 0 Å². The van der Waals surface area contributed by atoms with Crippen molar-refractivity contribution in [2.24, 2.45) is 0 Å². The van der Waals surface area contributed by atoms with Gasteiger partial charge in [-0.3, -0.25) is 0 Å². The normalized spacial score (nSPS) is 9.46. The lowest BCUT2D eigenvalue weighted by Gasteiger charge is -2.15. The summed E-state index contributed by atoms with van der Waals surface area (Å²) < 4.78 is 1.16. The van der Waals surface area contributed by atoms with E-state index in [1.807, 2.05) is 0 Å². The predicted octanol–water partition coefficient (Wildman–Crippen LogP) is 2.33. The molecule has 0 saturated heterocycles. The summed E-state index contributed by atoms with van der Waals surface area (Å²) in [6, 6.07) is 6.66. The Balaban J connectivity index is 2.95. The van der Waals surface area contributed by atoms with Crippen molar-refractivity contribution < 1.29 is 4.79 Å². The molecule has 70 valence electrons. The quantitative estimate of drug-likeness (QED) is 0.694. The summed E-state index contributed by atoms with van der Waals surface area (Å²) in [7, 11) is 1.53. The molecule has 0 radical (unpaired) electrons. The van der Waals surface area contributed by atoms with Gasteiger partial charge in [0.05, 0.1) is 10.7 Å². The van der Waals surface area contributed by atoms with Gasteiger partial charge in [0.15, 0.2) is 0 Å². The number of carbonyl (C=O) groups excluding carboxylic acids is 1. The lowest BCUT2D eigenvalue weighted by atomic mass is 10.3. The van der Waals surface area contributed by atoms with E-state index in [1.165, 1.54) is 7.05 Å². The van der Waals surface area contributed by atoms with Gasteiger partial charge in [-0.25, -0.2) is 9.10 Å². The number of hydrogen-bond donors (Lipinski definition) is 2. The summed E-state index contributed by atoms with van der Waals surface area (Å²) in [6.45, 7) is 0. The fourth-order valence-electron chi connectivity index (χ4n) is 0.839. The van der Waals surface area contributed by atoms with Gasteiger partial charge in [0.1, 0.15) is 0 Å². The van der Waals surface area contributed by atoms with Crippen molar-refractivity contribution in [3.05, 3.63) is 29.3 Å². The van der Waals surface area contributed by atoms with Gasteiger partial charge in [-0.05, 0) is 12.1 Å². The van der Waals surface area contributed by atoms with Crippen molar-refractivity contribution in [1.82, 2.24) is 5.32 Å². The van der Waals surface area contributed by atoms with E-state index in [0.717, 1.165) is 4.31 Å². The van der Waals surface area contributed by atoms with E-state index in [9.17, 15) is 4.79 Å². The van der Waals surface area contributed by atoms with Crippen LogP contribution in [0.15, 0.2) is 24.3 Å². The Bertz CT molecular complexity index is 319. The van der Waals surface area contributed by atoms with Crippen molar-refractivity contribution in [1.29, 1.82) is 0 Å². The second kappa shape index (κ2) is 4.39. The molecule has 3 nitrogen and oxygen atoms in total. The number of thiol groups is 1. The first-order valence-corrected chi connectivity index (χ1v) is 4.40. The van der Waals surface area contributed by atoms with E-state index in [0.29, 0.717) is 10.7 Å². The molecule has 1 aromatic carbocycles. The van der Waals surface area contributed by atoms with E-state index in [1.54, 1.807) is 24.3 Å². The standard InChI is InChI=1S/C8H9ClN2OS/c1-10-8(12)11(13)7-5-3-2-4-6(7)9/h2-5,13H,1H3,(H,10,12). The average molecular weight is 217 g/mol. The maximum atomic E-state index is 11.1. The smallest absolute Gasteiger partial charge is 0.331 e. The number of halogens is 1. The number of anilines is 1. The maximum absolute atomic E-state index is 11.1. The third-order valence-corrected chi connectivity index (χ3v) is 2.20. The predicted molar refractivity (Wildman–Crippen MR) is 57.4 cm³/mol. The topological polar surface area (TPSA) is 32.3 Å². The number of urea groups is 1. The highest BCUT2D eigenvalue weighted by Crippen LogP contribution is 2.26. The van der Waals surface area contributed by atoms with Crippen LogP contribution in [0.3, 0.4) is 0 Å². The van der Waals surface area contributed by atoms with Crippen LogP contribution in [-0.4, -0.2) is 13.1 Å². The Labute approximate surface area is 87.2 Å². The zero-order valence-electron chi connectivity index (χ0n) is 6.99. The first kappa shape index (κ1) is 10.2. The first-order valence-electron chi connectivity index (χ1n) is 3.62. The summed E-state index contributed by atoms with van der Waals surface area (Å²) in [5.74, 6) is 0. The highest BCUT2D eigenvalue weighted by molar-refractivity contribution is 7.82. The molecule has 0 saturated carbocycles. The van der Waals surface area contributed by atoms with E-state index < -0.39 is 0 Å². The van der Waals surface area contributed by atoms with Gasteiger partial charge in [-0.2, -0.15) is 0 Å². The molecular weight excluding hydrogens is 208 g/mol. The second-order valence-electron chi connectivity index (χ2n) is 2.32. The van der Waals surface area contributed by atoms with Crippen LogP contribution in [0.4, 0.5) is 10.5 Å². The van der Waals surface area contributed by atoms with E-state index >= 15 is 0 Å². The van der Waals surface area contributed by atoms with Crippen LogP contribution in [0.5, 0.6) is 0 Å². The van der Waals surface area contributed by atoms with Crippen molar-refractivity contribution in [3.8, 4) is 0 Å². The third-order valence-electron chi connectivity index (χ3n) is 1.49. The van der Waals surface area contributed by atoms with E-state index in [-0.39, 0.29) is 6.03 Å². The Kier molecular flexibility index (Phi) is 3.45. The molecule has 1 aromatic rings. The number of nitrogens with zero attached hydrogens (tertiary/aromatic N) is 1. The molecule has 1 rings (SSSR count). The van der Waals surface area contributed by atoms with Crippen molar-refractivity contribution in [2.45, 2.75) is 0 Å². The zero-order chi connectivity index (χ0) is 9.84. The molecule has 0 atom stereocenters. The van der Waals surface area contributed by atoms with Gasteiger partial charge in [-0.1, -0.05) is 36.5 Å². The second-order valence-corrected chi connectivity index (χ2v) is 3.13. The highest BCUT2D eigenvalue weighted by Gasteiger charge is 2.11. The summed E-state index contributed by atoms with van der Waals surface area (Å²) in [5, 5.41) is 2.93. The molecule has 0 aliphatic carbocycles. The van der Waals surface area contributed by atoms with E-state index in [4.69, 9.17) is 11.6 Å². The maximum Gasteiger partial charge on any atom is 0.331 e. The number of rotatable bonds is 1. The van der Waals surface area contributed by atoms with Crippen LogP contribution in [0, 0.1) is 0 Å².